The van der Waals surface area contributed by atoms with Gasteiger partial charge in [0.25, 0.3) is 0 Å². The Morgan fingerprint density at radius 1 is 0.842 bits per heavy atom. The zero-order valence-electron chi connectivity index (χ0n) is 13.9. The van der Waals surface area contributed by atoms with E-state index in [0.717, 1.165) is 25.9 Å². The van der Waals surface area contributed by atoms with E-state index in [1.807, 2.05) is 0 Å². The van der Waals surface area contributed by atoms with Gasteiger partial charge in [0.1, 0.15) is 0 Å². The number of carbonyl (C=O) groups excluding carboxylic acids is 1. The van der Waals surface area contributed by atoms with Crippen LogP contribution in [0.25, 0.3) is 0 Å². The van der Waals surface area contributed by atoms with Gasteiger partial charge in [-0.3, -0.25) is 9.69 Å². The smallest absolute Gasteiger partial charge is 0.152 e. The van der Waals surface area contributed by atoms with Crippen LogP contribution in [0, 0.1) is 0 Å². The Kier molecular flexibility index (Phi) is 10.2. The summed E-state index contributed by atoms with van der Waals surface area (Å²) in [4.78, 5) is 14.6. The minimum atomic E-state index is -0.286. The van der Waals surface area contributed by atoms with Crippen LogP contribution in [0.3, 0.4) is 0 Å². The average Bonchev–Trinajstić information content (AvgIpc) is 2.38. The van der Waals surface area contributed by atoms with E-state index in [2.05, 4.69) is 39.5 Å². The van der Waals surface area contributed by atoms with Gasteiger partial charge in [-0.1, -0.05) is 59.3 Å². The van der Waals surface area contributed by atoms with Crippen molar-refractivity contribution in [3.05, 3.63) is 0 Å². The van der Waals surface area contributed by atoms with Crippen LogP contribution in [0.4, 0.5) is 0 Å². The molecule has 2 nitrogen and oxygen atoms in total. The van der Waals surface area contributed by atoms with Crippen LogP contribution < -0.4 is 0 Å². The Labute approximate surface area is 120 Å². The second-order valence-corrected chi connectivity index (χ2v) is 6.03. The van der Waals surface area contributed by atoms with Crippen molar-refractivity contribution in [1.82, 2.24) is 4.90 Å². The number of likely N-dealkylation sites (N-methyl/N-ethyl adjacent to an activating group) is 1. The Bertz CT molecular complexity index is 231. The molecule has 0 bridgehead atoms. The van der Waals surface area contributed by atoms with E-state index in [4.69, 9.17) is 0 Å². The van der Waals surface area contributed by atoms with Gasteiger partial charge >= 0.3 is 0 Å². The molecule has 0 radical (unpaired) electrons. The van der Waals surface area contributed by atoms with Gasteiger partial charge in [0.15, 0.2) is 5.78 Å². The van der Waals surface area contributed by atoms with Gasteiger partial charge in [-0.05, 0) is 33.4 Å². The van der Waals surface area contributed by atoms with Crippen molar-refractivity contribution in [3.8, 4) is 0 Å². The number of nitrogens with zero attached hydrogens (tertiary/aromatic N) is 1. The highest BCUT2D eigenvalue weighted by molar-refractivity contribution is 5.87. The fourth-order valence-corrected chi connectivity index (χ4v) is 2.74. The summed E-state index contributed by atoms with van der Waals surface area (Å²) < 4.78 is 0. The number of ketones is 1. The first-order valence-corrected chi connectivity index (χ1v) is 8.29. The lowest BCUT2D eigenvalue weighted by atomic mass is 9.92. The largest absolute Gasteiger partial charge is 0.298 e. The van der Waals surface area contributed by atoms with E-state index in [9.17, 15) is 4.79 Å². The molecule has 0 heterocycles. The molecule has 0 saturated heterocycles. The molecule has 0 aliphatic heterocycles. The molecule has 114 valence electrons. The van der Waals surface area contributed by atoms with E-state index in [-0.39, 0.29) is 5.54 Å². The maximum Gasteiger partial charge on any atom is 0.152 e. The van der Waals surface area contributed by atoms with Gasteiger partial charge in [0, 0.05) is 6.42 Å². The fraction of sp³-hybridized carbons (Fsp3) is 0.941. The molecule has 0 unspecified atom stereocenters. The zero-order chi connectivity index (χ0) is 14.7. The van der Waals surface area contributed by atoms with E-state index >= 15 is 0 Å². The first-order chi connectivity index (χ1) is 9.00. The molecule has 0 atom stereocenters. The first kappa shape index (κ1) is 18.6. The highest BCUT2D eigenvalue weighted by Gasteiger charge is 2.31. The van der Waals surface area contributed by atoms with E-state index in [1.54, 1.807) is 0 Å². The molecule has 0 N–H and O–H groups in total. The van der Waals surface area contributed by atoms with Crippen molar-refractivity contribution in [2.45, 2.75) is 91.5 Å². The summed E-state index contributed by atoms with van der Waals surface area (Å²) in [5.74, 6) is 0.407. The van der Waals surface area contributed by atoms with Crippen LogP contribution in [0.15, 0.2) is 0 Å². The monoisotopic (exact) mass is 269 g/mol. The van der Waals surface area contributed by atoms with E-state index in [0.29, 0.717) is 5.78 Å². The van der Waals surface area contributed by atoms with Crippen LogP contribution in [-0.2, 0) is 4.79 Å². The first-order valence-electron chi connectivity index (χ1n) is 8.29. The minimum Gasteiger partial charge on any atom is -0.298 e. The molecule has 2 heteroatoms. The highest BCUT2D eigenvalue weighted by Crippen LogP contribution is 2.19. The molecule has 0 rings (SSSR count). The number of hydrogen-bond donors (Lipinski definition) is 0. The van der Waals surface area contributed by atoms with Crippen LogP contribution >= 0.6 is 0 Å². The standard InChI is InChI=1S/C17H35NO/c1-6-9-10-11-12-13-14-15-16(19)17(4,5)18(7-2)8-3/h6-15H2,1-5H3. The van der Waals surface area contributed by atoms with Crippen molar-refractivity contribution in [3.63, 3.8) is 0 Å². The molecule has 0 aromatic heterocycles. The summed E-state index contributed by atoms with van der Waals surface area (Å²) in [6, 6.07) is 0. The van der Waals surface area contributed by atoms with Crippen LogP contribution in [-0.4, -0.2) is 29.3 Å². The Balaban J connectivity index is 3.84. The quantitative estimate of drug-likeness (QED) is 0.474. The third-order valence-corrected chi connectivity index (χ3v) is 4.24. The lowest BCUT2D eigenvalue weighted by Crippen LogP contribution is -2.49. The number of rotatable bonds is 12. The number of carbonyl (C=O) groups is 1. The molecule has 0 fully saturated rings. The minimum absolute atomic E-state index is 0.286. The Morgan fingerprint density at radius 3 is 1.79 bits per heavy atom. The van der Waals surface area contributed by atoms with Crippen LogP contribution in [0.2, 0.25) is 0 Å². The van der Waals surface area contributed by atoms with Crippen LogP contribution in [0.1, 0.15) is 86.0 Å². The molecule has 19 heavy (non-hydrogen) atoms. The van der Waals surface area contributed by atoms with E-state index in [1.165, 1.54) is 38.5 Å². The molecular formula is C17H35NO. The third kappa shape index (κ3) is 7.10. The van der Waals surface area contributed by atoms with Gasteiger partial charge in [-0.2, -0.15) is 0 Å². The van der Waals surface area contributed by atoms with Crippen molar-refractivity contribution in [2.75, 3.05) is 13.1 Å². The average molecular weight is 269 g/mol. The van der Waals surface area contributed by atoms with Gasteiger partial charge < -0.3 is 0 Å². The summed E-state index contributed by atoms with van der Waals surface area (Å²) in [6.07, 6.45) is 9.66. The summed E-state index contributed by atoms with van der Waals surface area (Å²) in [6.45, 7) is 12.6. The Hall–Kier alpha value is -0.370. The predicted octanol–water partition coefficient (Wildman–Crippen LogP) is 4.82. The van der Waals surface area contributed by atoms with Crippen molar-refractivity contribution in [2.24, 2.45) is 0 Å². The second-order valence-electron chi connectivity index (χ2n) is 6.03. The van der Waals surface area contributed by atoms with Gasteiger partial charge in [0.05, 0.1) is 5.54 Å². The Morgan fingerprint density at radius 2 is 1.32 bits per heavy atom. The lowest BCUT2D eigenvalue weighted by molar-refractivity contribution is -0.129. The second kappa shape index (κ2) is 10.4. The summed E-state index contributed by atoms with van der Waals surface area (Å²) in [7, 11) is 0. The predicted molar refractivity (Wildman–Crippen MR) is 84.6 cm³/mol. The number of hydrogen-bond acceptors (Lipinski definition) is 2. The molecule has 0 spiro atoms. The lowest BCUT2D eigenvalue weighted by Gasteiger charge is -2.35. The third-order valence-electron chi connectivity index (χ3n) is 4.24. The molecule has 0 aromatic rings. The number of unbranched alkanes of at least 4 members (excludes halogenated alkanes) is 6. The molecule has 0 saturated carbocycles. The summed E-state index contributed by atoms with van der Waals surface area (Å²) in [5, 5.41) is 0. The van der Waals surface area contributed by atoms with Gasteiger partial charge in [-0.15, -0.1) is 0 Å². The van der Waals surface area contributed by atoms with E-state index < -0.39 is 0 Å². The SMILES string of the molecule is CCCCCCCCCC(=O)C(C)(C)N(CC)CC. The molecular weight excluding hydrogens is 234 g/mol. The number of Topliss-reactive ketones (excluding diaryl/α,β-unsaturated/α-hetero) is 1. The maximum atomic E-state index is 12.3. The molecule has 0 aliphatic carbocycles. The maximum absolute atomic E-state index is 12.3. The van der Waals surface area contributed by atoms with Gasteiger partial charge in [0.2, 0.25) is 0 Å². The zero-order valence-corrected chi connectivity index (χ0v) is 13.9. The van der Waals surface area contributed by atoms with Gasteiger partial charge in [-0.25, -0.2) is 0 Å². The topological polar surface area (TPSA) is 20.3 Å². The van der Waals surface area contributed by atoms with Crippen molar-refractivity contribution < 1.29 is 4.79 Å². The van der Waals surface area contributed by atoms with Crippen molar-refractivity contribution >= 4 is 5.78 Å². The normalized spacial score (nSPS) is 12.1. The van der Waals surface area contributed by atoms with Crippen LogP contribution in [0.5, 0.6) is 0 Å². The molecule has 0 aliphatic rings. The van der Waals surface area contributed by atoms with Crippen molar-refractivity contribution in [1.29, 1.82) is 0 Å². The molecule has 0 amide bonds. The molecule has 0 aromatic carbocycles. The fourth-order valence-electron chi connectivity index (χ4n) is 2.74. The summed E-state index contributed by atoms with van der Waals surface area (Å²) in [5.41, 5.74) is -0.286. The summed E-state index contributed by atoms with van der Waals surface area (Å²) >= 11 is 0. The highest BCUT2D eigenvalue weighted by atomic mass is 16.1.